The maximum absolute atomic E-state index is 12.9. The third-order valence-electron chi connectivity index (χ3n) is 5.13. The van der Waals surface area contributed by atoms with Crippen molar-refractivity contribution in [3.8, 4) is 11.5 Å². The van der Waals surface area contributed by atoms with Crippen LogP contribution in [0.2, 0.25) is 0 Å². The van der Waals surface area contributed by atoms with E-state index in [0.717, 1.165) is 18.8 Å². The van der Waals surface area contributed by atoms with E-state index < -0.39 is 5.97 Å². The lowest BCUT2D eigenvalue weighted by Crippen LogP contribution is -2.35. The van der Waals surface area contributed by atoms with Crippen molar-refractivity contribution in [1.82, 2.24) is 4.90 Å². The van der Waals surface area contributed by atoms with Crippen LogP contribution in [-0.2, 0) is 16.0 Å². The molecule has 7 nitrogen and oxygen atoms in total. The van der Waals surface area contributed by atoms with Crippen LogP contribution in [0, 0.1) is 6.92 Å². The molecule has 158 valence electrons. The first kappa shape index (κ1) is 20.3. The minimum absolute atomic E-state index is 0.109. The van der Waals surface area contributed by atoms with Crippen LogP contribution in [-0.4, -0.2) is 55.5 Å². The van der Waals surface area contributed by atoms with Crippen LogP contribution in [0.15, 0.2) is 46.9 Å². The summed E-state index contributed by atoms with van der Waals surface area (Å²) in [5, 5.41) is 11.1. The zero-order valence-corrected chi connectivity index (χ0v) is 16.9. The van der Waals surface area contributed by atoms with Crippen molar-refractivity contribution in [1.29, 1.82) is 0 Å². The molecule has 2 aromatic carbocycles. The monoisotopic (exact) mass is 411 g/mol. The molecule has 0 bridgehead atoms. The number of phenolic OH excluding ortho intramolecular Hbond substituents is 1. The summed E-state index contributed by atoms with van der Waals surface area (Å²) in [4.78, 5) is 15.0. The average Bonchev–Trinajstić information content (AvgIpc) is 3.11. The first-order chi connectivity index (χ1) is 14.6. The molecule has 1 fully saturated rings. The van der Waals surface area contributed by atoms with Gasteiger partial charge in [0.2, 0.25) is 0 Å². The Morgan fingerprint density at radius 1 is 1.10 bits per heavy atom. The maximum atomic E-state index is 12.9. The van der Waals surface area contributed by atoms with Gasteiger partial charge in [0.25, 0.3) is 0 Å². The molecule has 7 heteroatoms. The van der Waals surface area contributed by atoms with Gasteiger partial charge in [-0.05, 0) is 31.2 Å². The number of nitrogens with zero attached hydrogens (tertiary/aromatic N) is 1. The number of rotatable bonds is 7. The number of hydrogen-bond acceptors (Lipinski definition) is 7. The summed E-state index contributed by atoms with van der Waals surface area (Å²) in [5.74, 6) is 0.831. The zero-order valence-electron chi connectivity index (χ0n) is 16.9. The number of carbonyl (C=O) groups excluding carboxylic acids is 1. The third kappa shape index (κ3) is 4.42. The van der Waals surface area contributed by atoms with Crippen molar-refractivity contribution in [2.75, 3.05) is 39.5 Å². The standard InChI is InChI=1S/C23H25NO6/c1-16-21(23(26)29-14-13-28-17-5-3-2-4-6-17)22-18(15-24-9-11-27-12-10-24)19(25)7-8-20(22)30-16/h2-8,25H,9-15H2,1H3. The number of aromatic hydroxyl groups is 1. The second-order valence-corrected chi connectivity index (χ2v) is 7.16. The predicted octanol–water partition coefficient (Wildman–Crippen LogP) is 3.51. The maximum Gasteiger partial charge on any atom is 0.342 e. The Hall–Kier alpha value is -3.03. The van der Waals surface area contributed by atoms with E-state index in [-0.39, 0.29) is 19.0 Å². The predicted molar refractivity (Wildman–Crippen MR) is 111 cm³/mol. The second-order valence-electron chi connectivity index (χ2n) is 7.16. The molecule has 1 N–H and O–H groups in total. The highest BCUT2D eigenvalue weighted by molar-refractivity contribution is 6.06. The van der Waals surface area contributed by atoms with Gasteiger partial charge in [-0.3, -0.25) is 4.90 Å². The molecule has 1 aliphatic rings. The van der Waals surface area contributed by atoms with Gasteiger partial charge in [0.05, 0.1) is 13.2 Å². The van der Waals surface area contributed by atoms with Crippen LogP contribution >= 0.6 is 0 Å². The number of benzene rings is 2. The van der Waals surface area contributed by atoms with E-state index in [9.17, 15) is 9.90 Å². The van der Waals surface area contributed by atoms with Crippen molar-refractivity contribution in [2.45, 2.75) is 13.5 Å². The van der Waals surface area contributed by atoms with E-state index in [1.165, 1.54) is 0 Å². The number of aryl methyl sites for hydroxylation is 1. The fourth-order valence-corrected chi connectivity index (χ4v) is 3.64. The lowest BCUT2D eigenvalue weighted by atomic mass is 10.0. The molecule has 0 unspecified atom stereocenters. The smallest absolute Gasteiger partial charge is 0.342 e. The van der Waals surface area contributed by atoms with Gasteiger partial charge in [-0.15, -0.1) is 0 Å². The Balaban J connectivity index is 1.51. The van der Waals surface area contributed by atoms with Crippen molar-refractivity contribution >= 4 is 16.9 Å². The molecule has 0 saturated carbocycles. The quantitative estimate of drug-likeness (QED) is 0.471. The Bertz CT molecular complexity index is 1010. The molecule has 0 radical (unpaired) electrons. The van der Waals surface area contributed by atoms with Crippen LogP contribution in [0.25, 0.3) is 11.0 Å². The Kier molecular flexibility index (Phi) is 6.21. The molecule has 3 aromatic rings. The summed E-state index contributed by atoms with van der Waals surface area (Å²) < 4.78 is 22.2. The summed E-state index contributed by atoms with van der Waals surface area (Å²) in [6.07, 6.45) is 0. The number of ether oxygens (including phenoxy) is 3. The first-order valence-corrected chi connectivity index (χ1v) is 10.0. The summed E-state index contributed by atoms with van der Waals surface area (Å²) in [6.45, 7) is 5.42. The number of carbonyl (C=O) groups is 1. The molecule has 0 atom stereocenters. The van der Waals surface area contributed by atoms with Crippen molar-refractivity contribution in [3.63, 3.8) is 0 Å². The minimum Gasteiger partial charge on any atom is -0.508 e. The molecule has 4 rings (SSSR count). The van der Waals surface area contributed by atoms with E-state index >= 15 is 0 Å². The topological polar surface area (TPSA) is 81.4 Å². The van der Waals surface area contributed by atoms with Crippen LogP contribution < -0.4 is 4.74 Å². The Labute approximate surface area is 174 Å². The van der Waals surface area contributed by atoms with Gasteiger partial charge < -0.3 is 23.7 Å². The fourth-order valence-electron chi connectivity index (χ4n) is 3.64. The number of fused-ring (bicyclic) bond motifs is 1. The van der Waals surface area contributed by atoms with Gasteiger partial charge in [-0.25, -0.2) is 4.79 Å². The first-order valence-electron chi connectivity index (χ1n) is 10.0. The van der Waals surface area contributed by atoms with Crippen LogP contribution in [0.1, 0.15) is 21.7 Å². The van der Waals surface area contributed by atoms with E-state index in [1.54, 1.807) is 19.1 Å². The van der Waals surface area contributed by atoms with E-state index in [0.29, 0.717) is 47.6 Å². The van der Waals surface area contributed by atoms with E-state index in [1.807, 2.05) is 30.3 Å². The fraction of sp³-hybridized carbons (Fsp3) is 0.348. The Morgan fingerprint density at radius 2 is 1.87 bits per heavy atom. The van der Waals surface area contributed by atoms with E-state index in [2.05, 4.69) is 4.90 Å². The third-order valence-corrected chi connectivity index (χ3v) is 5.13. The molecule has 0 amide bonds. The summed E-state index contributed by atoms with van der Waals surface area (Å²) in [5.41, 5.74) is 1.57. The van der Waals surface area contributed by atoms with Gasteiger partial charge in [-0.1, -0.05) is 18.2 Å². The summed E-state index contributed by atoms with van der Waals surface area (Å²) in [7, 11) is 0. The van der Waals surface area contributed by atoms with Crippen molar-refractivity contribution < 1.29 is 28.5 Å². The number of hydrogen-bond donors (Lipinski definition) is 1. The molecule has 1 aromatic heterocycles. The normalized spacial score (nSPS) is 14.7. The van der Waals surface area contributed by atoms with E-state index in [4.69, 9.17) is 18.6 Å². The number of morpholine rings is 1. The second kappa shape index (κ2) is 9.19. The van der Waals surface area contributed by atoms with Crippen molar-refractivity contribution in [3.05, 3.63) is 59.4 Å². The van der Waals surface area contributed by atoms with Crippen LogP contribution in [0.3, 0.4) is 0 Å². The summed E-state index contributed by atoms with van der Waals surface area (Å²) >= 11 is 0. The van der Waals surface area contributed by atoms with Gasteiger partial charge >= 0.3 is 5.97 Å². The average molecular weight is 411 g/mol. The van der Waals surface area contributed by atoms with Crippen molar-refractivity contribution in [2.24, 2.45) is 0 Å². The minimum atomic E-state index is -0.489. The lowest BCUT2D eigenvalue weighted by molar-refractivity contribution is 0.0340. The molecule has 1 aliphatic heterocycles. The molecule has 1 saturated heterocycles. The zero-order chi connectivity index (χ0) is 20.9. The van der Waals surface area contributed by atoms with Gasteiger partial charge in [0, 0.05) is 30.6 Å². The Morgan fingerprint density at radius 3 is 2.63 bits per heavy atom. The highest BCUT2D eigenvalue weighted by Gasteiger charge is 2.25. The van der Waals surface area contributed by atoms with Gasteiger partial charge in [0.15, 0.2) is 0 Å². The molecule has 0 spiro atoms. The molecule has 2 heterocycles. The van der Waals surface area contributed by atoms with Gasteiger partial charge in [0.1, 0.15) is 41.6 Å². The summed E-state index contributed by atoms with van der Waals surface area (Å²) in [6, 6.07) is 12.6. The van der Waals surface area contributed by atoms with Crippen LogP contribution in [0.4, 0.5) is 0 Å². The number of para-hydroxylation sites is 1. The largest absolute Gasteiger partial charge is 0.508 e. The molecule has 30 heavy (non-hydrogen) atoms. The number of phenols is 1. The number of furan rings is 1. The SMILES string of the molecule is Cc1oc2ccc(O)c(CN3CCOCC3)c2c1C(=O)OCCOc1ccccc1. The molecular weight excluding hydrogens is 386 g/mol. The van der Waals surface area contributed by atoms with Crippen LogP contribution in [0.5, 0.6) is 11.5 Å². The van der Waals surface area contributed by atoms with Gasteiger partial charge in [-0.2, -0.15) is 0 Å². The molecular formula is C23H25NO6. The molecule has 0 aliphatic carbocycles. The lowest BCUT2D eigenvalue weighted by Gasteiger charge is -2.27. The number of esters is 1. The highest BCUT2D eigenvalue weighted by Crippen LogP contribution is 2.35. The highest BCUT2D eigenvalue weighted by atomic mass is 16.6.